The highest BCUT2D eigenvalue weighted by atomic mass is 32.2. The fourth-order valence-corrected chi connectivity index (χ4v) is 5.04. The molecule has 1 aromatic heterocycles. The average Bonchev–Trinajstić information content (AvgIpc) is 3.02. The zero-order valence-corrected chi connectivity index (χ0v) is 15.7. The summed E-state index contributed by atoms with van der Waals surface area (Å²) in [4.78, 5) is 5.68. The Morgan fingerprint density at radius 2 is 1.71 bits per heavy atom. The van der Waals surface area contributed by atoms with Gasteiger partial charge in [0, 0.05) is 43.3 Å². The van der Waals surface area contributed by atoms with Crippen molar-refractivity contribution in [2.45, 2.75) is 17.7 Å². The van der Waals surface area contributed by atoms with Crippen LogP contribution in [0.3, 0.4) is 0 Å². The number of nitrogens with one attached hydrogen (secondary N) is 1. The molecule has 0 unspecified atom stereocenters. The Bertz CT molecular complexity index is 776. The molecule has 5 nitrogen and oxygen atoms in total. The van der Waals surface area contributed by atoms with Crippen molar-refractivity contribution in [2.24, 2.45) is 0 Å². The molecule has 0 saturated carbocycles. The van der Waals surface area contributed by atoms with Gasteiger partial charge < -0.3 is 9.80 Å². The van der Waals surface area contributed by atoms with E-state index in [0.29, 0.717) is 10.8 Å². The normalized spacial score (nSPS) is 16.5. The average molecular weight is 366 g/mol. The van der Waals surface area contributed by atoms with E-state index in [9.17, 15) is 8.42 Å². The third-order valence-corrected chi connectivity index (χ3v) is 7.15. The van der Waals surface area contributed by atoms with Gasteiger partial charge in [-0.15, -0.1) is 11.3 Å². The molecule has 130 valence electrons. The molecule has 1 aliphatic rings. The lowest BCUT2D eigenvalue weighted by Gasteiger charge is -2.34. The summed E-state index contributed by atoms with van der Waals surface area (Å²) in [5.74, 6) is 0. The lowest BCUT2D eigenvalue weighted by Crippen LogP contribution is -2.44. The summed E-state index contributed by atoms with van der Waals surface area (Å²) in [6.07, 6.45) is 0. The van der Waals surface area contributed by atoms with Gasteiger partial charge in [0.2, 0.25) is 10.0 Å². The summed E-state index contributed by atoms with van der Waals surface area (Å²) in [6.45, 7) is 6.41. The summed E-state index contributed by atoms with van der Waals surface area (Å²) >= 11 is 1.29. The standard InChI is InChI=1S/C17H23N3O2S2/c1-14-3-8-17(23-14)24(21,22)18-13-15-4-6-16(7-5-15)20-11-9-19(2)10-12-20/h3-8,18H,9-13H2,1-2H3. The van der Waals surface area contributed by atoms with Crippen LogP contribution >= 0.6 is 11.3 Å². The topological polar surface area (TPSA) is 52.7 Å². The monoisotopic (exact) mass is 365 g/mol. The molecular weight excluding hydrogens is 342 g/mol. The van der Waals surface area contributed by atoms with Crippen LogP contribution in [0.25, 0.3) is 0 Å². The number of hydrogen-bond acceptors (Lipinski definition) is 5. The molecule has 0 radical (unpaired) electrons. The smallest absolute Gasteiger partial charge is 0.250 e. The zero-order valence-electron chi connectivity index (χ0n) is 14.0. The molecule has 0 amide bonds. The van der Waals surface area contributed by atoms with Crippen LogP contribution in [-0.4, -0.2) is 46.5 Å². The number of sulfonamides is 1. The van der Waals surface area contributed by atoms with Crippen LogP contribution in [0.4, 0.5) is 5.69 Å². The van der Waals surface area contributed by atoms with Gasteiger partial charge >= 0.3 is 0 Å². The second-order valence-corrected chi connectivity index (χ2v) is 9.43. The maximum absolute atomic E-state index is 12.3. The predicted octanol–water partition coefficient (Wildman–Crippen LogP) is 2.29. The third-order valence-electron chi connectivity index (χ3n) is 4.25. The highest BCUT2D eigenvalue weighted by Crippen LogP contribution is 2.21. The van der Waals surface area contributed by atoms with Gasteiger partial charge in [0.15, 0.2) is 0 Å². The summed E-state index contributed by atoms with van der Waals surface area (Å²) in [7, 11) is -1.28. The molecule has 3 rings (SSSR count). The third kappa shape index (κ3) is 4.16. The number of thiophene rings is 1. The zero-order chi connectivity index (χ0) is 17.2. The fraction of sp³-hybridized carbons (Fsp3) is 0.412. The molecule has 1 saturated heterocycles. The number of hydrogen-bond donors (Lipinski definition) is 1. The largest absolute Gasteiger partial charge is 0.369 e. The highest BCUT2D eigenvalue weighted by Gasteiger charge is 2.16. The molecule has 0 bridgehead atoms. The predicted molar refractivity (Wildman–Crippen MR) is 99.2 cm³/mol. The van der Waals surface area contributed by atoms with E-state index in [1.807, 2.05) is 25.1 Å². The van der Waals surface area contributed by atoms with E-state index in [1.165, 1.54) is 17.0 Å². The van der Waals surface area contributed by atoms with Gasteiger partial charge in [0.25, 0.3) is 0 Å². The Morgan fingerprint density at radius 3 is 2.29 bits per heavy atom. The van der Waals surface area contributed by atoms with Crippen molar-refractivity contribution in [1.29, 1.82) is 0 Å². The molecule has 1 fully saturated rings. The highest BCUT2D eigenvalue weighted by molar-refractivity contribution is 7.91. The first-order chi connectivity index (χ1) is 11.4. The van der Waals surface area contributed by atoms with E-state index in [1.54, 1.807) is 6.07 Å². The van der Waals surface area contributed by atoms with Gasteiger partial charge in [-0.25, -0.2) is 13.1 Å². The summed E-state index contributed by atoms with van der Waals surface area (Å²) < 4.78 is 27.5. The second kappa shape index (κ2) is 7.23. The van der Waals surface area contributed by atoms with Crippen LogP contribution in [0, 0.1) is 6.92 Å². The van der Waals surface area contributed by atoms with Gasteiger partial charge in [-0.1, -0.05) is 12.1 Å². The molecular formula is C17H23N3O2S2. The number of benzene rings is 1. The van der Waals surface area contributed by atoms with Gasteiger partial charge in [-0.2, -0.15) is 0 Å². The number of piperazine rings is 1. The Morgan fingerprint density at radius 1 is 1.04 bits per heavy atom. The Balaban J connectivity index is 1.60. The SMILES string of the molecule is Cc1ccc(S(=O)(=O)NCc2ccc(N3CCN(C)CC3)cc2)s1. The van der Waals surface area contributed by atoms with Crippen molar-refractivity contribution in [1.82, 2.24) is 9.62 Å². The van der Waals surface area contributed by atoms with Crippen LogP contribution in [0.1, 0.15) is 10.4 Å². The van der Waals surface area contributed by atoms with Crippen molar-refractivity contribution in [3.05, 3.63) is 46.8 Å². The summed E-state index contributed by atoms with van der Waals surface area (Å²) in [5.41, 5.74) is 2.16. The minimum atomic E-state index is -3.42. The summed E-state index contributed by atoms with van der Waals surface area (Å²) in [6, 6.07) is 11.6. The van der Waals surface area contributed by atoms with E-state index < -0.39 is 10.0 Å². The second-order valence-electron chi connectivity index (χ2n) is 6.15. The number of aryl methyl sites for hydroxylation is 1. The van der Waals surface area contributed by atoms with E-state index >= 15 is 0 Å². The number of nitrogens with zero attached hydrogens (tertiary/aromatic N) is 2. The maximum Gasteiger partial charge on any atom is 0.250 e. The van der Waals surface area contributed by atoms with Crippen molar-refractivity contribution in [3.8, 4) is 0 Å². The van der Waals surface area contributed by atoms with Crippen LogP contribution < -0.4 is 9.62 Å². The quantitative estimate of drug-likeness (QED) is 0.883. The lowest BCUT2D eigenvalue weighted by atomic mass is 10.2. The van der Waals surface area contributed by atoms with Crippen LogP contribution in [0.2, 0.25) is 0 Å². The van der Waals surface area contributed by atoms with Gasteiger partial charge in [-0.05, 0) is 43.8 Å². The molecule has 0 spiro atoms. The maximum atomic E-state index is 12.3. The van der Waals surface area contributed by atoms with Crippen LogP contribution in [0.5, 0.6) is 0 Å². The van der Waals surface area contributed by atoms with E-state index in [4.69, 9.17) is 0 Å². The minimum Gasteiger partial charge on any atom is -0.369 e. The van der Waals surface area contributed by atoms with Gasteiger partial charge in [-0.3, -0.25) is 0 Å². The molecule has 1 aromatic carbocycles. The number of rotatable bonds is 5. The van der Waals surface area contributed by atoms with Crippen molar-refractivity contribution in [3.63, 3.8) is 0 Å². The van der Waals surface area contributed by atoms with Crippen LogP contribution in [-0.2, 0) is 16.6 Å². The van der Waals surface area contributed by atoms with Crippen LogP contribution in [0.15, 0.2) is 40.6 Å². The molecule has 2 aromatic rings. The van der Waals surface area contributed by atoms with Crippen molar-refractivity contribution in [2.75, 3.05) is 38.1 Å². The molecule has 0 atom stereocenters. The Kier molecular flexibility index (Phi) is 5.24. The van der Waals surface area contributed by atoms with Gasteiger partial charge in [0.1, 0.15) is 4.21 Å². The minimum absolute atomic E-state index is 0.308. The first-order valence-corrected chi connectivity index (χ1v) is 10.3. The molecule has 1 N–H and O–H groups in total. The van der Waals surface area contributed by atoms with E-state index in [2.05, 4.69) is 33.7 Å². The first-order valence-electron chi connectivity index (χ1n) is 8.02. The number of likely N-dealkylation sites (N-methyl/N-ethyl adjacent to an activating group) is 1. The fourth-order valence-electron chi connectivity index (χ4n) is 2.70. The molecule has 1 aliphatic heterocycles. The van der Waals surface area contributed by atoms with E-state index in [-0.39, 0.29) is 0 Å². The Labute approximate surface area is 148 Å². The Hall–Kier alpha value is -1.41. The van der Waals surface area contributed by atoms with Crippen molar-refractivity contribution < 1.29 is 8.42 Å². The summed E-state index contributed by atoms with van der Waals surface area (Å²) in [5, 5.41) is 0. The number of anilines is 1. The van der Waals surface area contributed by atoms with Gasteiger partial charge in [0.05, 0.1) is 0 Å². The first kappa shape index (κ1) is 17.4. The van der Waals surface area contributed by atoms with E-state index in [0.717, 1.165) is 36.6 Å². The molecule has 24 heavy (non-hydrogen) atoms. The molecule has 0 aliphatic carbocycles. The molecule has 2 heterocycles. The molecule has 7 heteroatoms. The lowest BCUT2D eigenvalue weighted by molar-refractivity contribution is 0.313. The van der Waals surface area contributed by atoms with Crippen molar-refractivity contribution >= 4 is 27.0 Å².